The first-order valence-electron chi connectivity index (χ1n) is 22.3. The average molecular weight is 924 g/mol. The Morgan fingerprint density at radius 3 is 1.82 bits per heavy atom. The van der Waals surface area contributed by atoms with Crippen LogP contribution < -0.4 is 5.73 Å². The molecule has 0 aromatic carbocycles. The zero-order valence-electron chi connectivity index (χ0n) is 37.6. The molecule has 0 saturated carbocycles. The third-order valence-electron chi connectivity index (χ3n) is 12.0. The highest BCUT2D eigenvalue weighted by atomic mass is 16.7. The van der Waals surface area contributed by atoms with Crippen molar-refractivity contribution in [2.24, 2.45) is 23.5 Å². The molecule has 3 aliphatic heterocycles. The average Bonchev–Trinajstić information content (AvgIpc) is 3.21. The number of nitrogens with two attached hydrogens (primary N) is 1. The van der Waals surface area contributed by atoms with Crippen LogP contribution in [0.2, 0.25) is 0 Å². The molecule has 65 heavy (non-hydrogen) atoms. The molecule has 0 amide bonds. The fourth-order valence-corrected chi connectivity index (χ4v) is 7.97. The van der Waals surface area contributed by atoms with Crippen molar-refractivity contribution in [1.29, 1.82) is 0 Å². The van der Waals surface area contributed by atoms with Gasteiger partial charge in [0.25, 0.3) is 0 Å². The molecule has 2 bridgehead atoms. The number of carbonyl (C=O) groups is 2. The molecule has 0 aromatic rings. The van der Waals surface area contributed by atoms with E-state index in [1.165, 1.54) is 13.0 Å². The lowest BCUT2D eigenvalue weighted by molar-refractivity contribution is -0.308. The number of aliphatic hydroxyl groups is 10. The summed E-state index contributed by atoms with van der Waals surface area (Å²) in [6.45, 7) is 6.74. The van der Waals surface area contributed by atoms with Crippen LogP contribution in [0.15, 0.2) is 85.1 Å². The number of aliphatic carboxylic acids is 1. The number of rotatable bonds is 3. The van der Waals surface area contributed by atoms with Gasteiger partial charge in [-0.25, -0.2) is 0 Å². The molecule has 13 N–H and O–H groups in total. The zero-order valence-corrected chi connectivity index (χ0v) is 37.6. The largest absolute Gasteiger partial charge is 0.481 e. The fourth-order valence-electron chi connectivity index (χ4n) is 7.97. The van der Waals surface area contributed by atoms with Gasteiger partial charge in [-0.1, -0.05) is 98.9 Å². The maximum atomic E-state index is 12.6. The smallest absolute Gasteiger partial charge is 0.311 e. The highest BCUT2D eigenvalue weighted by Crippen LogP contribution is 2.38. The molecule has 19 atom stereocenters. The second kappa shape index (κ2) is 27.4. The van der Waals surface area contributed by atoms with Gasteiger partial charge in [-0.3, -0.25) is 9.59 Å². The number of carboxylic acids is 1. The molecule has 3 heterocycles. The molecule has 0 aromatic heterocycles. The van der Waals surface area contributed by atoms with Crippen molar-refractivity contribution in [2.75, 3.05) is 0 Å². The van der Waals surface area contributed by atoms with Crippen molar-refractivity contribution in [3.8, 4) is 0 Å². The first-order valence-corrected chi connectivity index (χ1v) is 22.3. The van der Waals surface area contributed by atoms with E-state index in [-0.39, 0.29) is 31.6 Å². The Hall–Kier alpha value is -3.44. The highest BCUT2D eigenvalue weighted by molar-refractivity contribution is 5.71. The van der Waals surface area contributed by atoms with E-state index in [9.17, 15) is 65.8 Å². The quantitative estimate of drug-likeness (QED) is 0.174. The number of esters is 1. The number of cyclic esters (lactones) is 1. The number of ether oxygens (including phenoxy) is 4. The van der Waals surface area contributed by atoms with Crippen LogP contribution in [0.25, 0.3) is 0 Å². The Kier molecular flexibility index (Phi) is 23.6. The molecule has 368 valence electrons. The van der Waals surface area contributed by atoms with E-state index in [0.717, 1.165) is 0 Å². The van der Waals surface area contributed by atoms with E-state index in [0.29, 0.717) is 0 Å². The lowest BCUT2D eigenvalue weighted by Crippen LogP contribution is -2.61. The van der Waals surface area contributed by atoms with Crippen LogP contribution in [0.1, 0.15) is 79.1 Å². The summed E-state index contributed by atoms with van der Waals surface area (Å²) in [7, 11) is 0. The molecule has 0 radical (unpaired) electrons. The van der Waals surface area contributed by atoms with Crippen molar-refractivity contribution in [2.45, 2.75) is 177 Å². The fraction of sp³-hybridized carbons (Fsp3) is 0.660. The molecule has 3 aliphatic rings. The van der Waals surface area contributed by atoms with Gasteiger partial charge in [-0.05, 0) is 33.1 Å². The maximum Gasteiger partial charge on any atom is 0.311 e. The number of carbonyl (C=O) groups excluding carboxylic acids is 1. The summed E-state index contributed by atoms with van der Waals surface area (Å²) in [5, 5.41) is 118. The standard InChI is InChI=1S/C47H73NO17/c1-27-17-15-13-11-9-7-5-6-8-10-12-14-16-18-34(64-46-44(58)41(48)43(57)30(4)63-46)24-38-40(45(59)60)37(54)26-47(61,65-38)25-33(51)22-36(53)35(52)20-19-31(49)21-32(50)23-39(55)62-29(3)28(2)42(27)56/h5-18,27-38,40-44,46,49-54,56-58,61H,19-26,48H2,1-4H3,(H,59,60)/b6-5+,9-7+,10-8+,13-11-,14-12+,17-15+,18-16?/t27-,28-,29-,30+,31+,32+,33-,34-,35+,36+,37-,38+,40+,41-,42+,43+,44-,46-,47+/m0/s1. The van der Waals surface area contributed by atoms with E-state index < -0.39 is 147 Å². The zero-order chi connectivity index (χ0) is 48.4. The number of allylic oxidation sites excluding steroid dienone is 12. The van der Waals surface area contributed by atoms with Gasteiger partial charge in [0.05, 0.1) is 79.6 Å². The van der Waals surface area contributed by atoms with E-state index in [2.05, 4.69) is 0 Å². The summed E-state index contributed by atoms with van der Waals surface area (Å²) in [5.74, 6) is -6.83. The number of aliphatic hydroxyl groups excluding tert-OH is 9. The Bertz CT molecular complexity index is 1670. The SMILES string of the molecule is C[C@@H]1[C@H](O)[C@@H](C)/C=C/C=C\C=C\C=C\C=C\C=C\C=C[C@H](O[C@@H]2O[C@H](C)[C@@H](O)[C@H](N)[C@@H]2O)C[C@H]2O[C@](O)(C[C@@H](O)C[C@@H](O)[C@H](O)CC[C@@H](O)C[C@@H](O)CC(=O)O[C@H]1C)C[C@H](O)[C@H]2C(=O)O. The molecule has 2 saturated heterocycles. The molecule has 0 spiro atoms. The summed E-state index contributed by atoms with van der Waals surface area (Å²) in [6.07, 6.45) is 3.46. The van der Waals surface area contributed by atoms with Gasteiger partial charge in [0.1, 0.15) is 18.1 Å². The van der Waals surface area contributed by atoms with Crippen molar-refractivity contribution < 1.29 is 84.7 Å². The van der Waals surface area contributed by atoms with Gasteiger partial charge in [0.2, 0.25) is 0 Å². The molecular weight excluding hydrogens is 851 g/mol. The normalized spacial score (nSPS) is 45.0. The van der Waals surface area contributed by atoms with Gasteiger partial charge in [0, 0.05) is 37.5 Å². The van der Waals surface area contributed by atoms with Crippen LogP contribution in [0.4, 0.5) is 0 Å². The van der Waals surface area contributed by atoms with E-state index in [1.54, 1.807) is 80.7 Å². The number of fused-ring (bicyclic) bond motifs is 2. The summed E-state index contributed by atoms with van der Waals surface area (Å²) in [6, 6.07) is -1.15. The third-order valence-corrected chi connectivity index (χ3v) is 12.0. The molecule has 0 aliphatic carbocycles. The monoisotopic (exact) mass is 923 g/mol. The van der Waals surface area contributed by atoms with E-state index in [1.807, 2.05) is 19.1 Å². The van der Waals surface area contributed by atoms with Gasteiger partial charge < -0.3 is 80.9 Å². The van der Waals surface area contributed by atoms with Crippen LogP contribution in [0.5, 0.6) is 0 Å². The predicted molar refractivity (Wildman–Crippen MR) is 237 cm³/mol. The van der Waals surface area contributed by atoms with Crippen molar-refractivity contribution in [1.82, 2.24) is 0 Å². The maximum absolute atomic E-state index is 12.6. The number of carboxylic acid groups (broad SMARTS) is 1. The Labute approximate surface area is 381 Å². The van der Waals surface area contributed by atoms with Gasteiger partial charge in [-0.15, -0.1) is 0 Å². The van der Waals surface area contributed by atoms with Crippen molar-refractivity contribution >= 4 is 11.9 Å². The molecule has 18 nitrogen and oxygen atoms in total. The van der Waals surface area contributed by atoms with Crippen LogP contribution in [-0.4, -0.2) is 166 Å². The predicted octanol–water partition coefficient (Wildman–Crippen LogP) is 0.712. The second-order valence-electron chi connectivity index (χ2n) is 17.6. The number of hydrogen-bond acceptors (Lipinski definition) is 17. The minimum absolute atomic E-state index is 0.107. The summed E-state index contributed by atoms with van der Waals surface area (Å²) >= 11 is 0. The lowest BCUT2D eigenvalue weighted by Gasteiger charge is -2.45. The van der Waals surface area contributed by atoms with Crippen molar-refractivity contribution in [3.05, 3.63) is 85.1 Å². The lowest BCUT2D eigenvalue weighted by atomic mass is 9.82. The molecule has 0 unspecified atom stereocenters. The minimum atomic E-state index is -2.33. The summed E-state index contributed by atoms with van der Waals surface area (Å²) in [4.78, 5) is 25.1. The van der Waals surface area contributed by atoms with E-state index >= 15 is 0 Å². The molecule has 18 heteroatoms. The Balaban J connectivity index is 1.86. The summed E-state index contributed by atoms with van der Waals surface area (Å²) in [5.41, 5.74) is 6.02. The topological polar surface area (TPSA) is 320 Å². The Morgan fingerprint density at radius 2 is 1.23 bits per heavy atom. The second-order valence-corrected chi connectivity index (χ2v) is 17.6. The van der Waals surface area contributed by atoms with Gasteiger partial charge in [0.15, 0.2) is 12.1 Å². The molecule has 2 fully saturated rings. The molecule has 3 rings (SSSR count). The first kappa shape index (κ1) is 55.9. The first-order chi connectivity index (χ1) is 30.6. The number of hydrogen-bond donors (Lipinski definition) is 12. The van der Waals surface area contributed by atoms with Crippen LogP contribution in [-0.2, 0) is 28.5 Å². The Morgan fingerprint density at radius 1 is 0.662 bits per heavy atom. The van der Waals surface area contributed by atoms with E-state index in [4.69, 9.17) is 24.7 Å². The van der Waals surface area contributed by atoms with Crippen molar-refractivity contribution in [3.63, 3.8) is 0 Å². The van der Waals surface area contributed by atoms with Gasteiger partial charge in [-0.2, -0.15) is 0 Å². The van der Waals surface area contributed by atoms with Crippen LogP contribution >= 0.6 is 0 Å². The van der Waals surface area contributed by atoms with Crippen LogP contribution in [0.3, 0.4) is 0 Å². The van der Waals surface area contributed by atoms with Crippen LogP contribution in [0, 0.1) is 17.8 Å². The third kappa shape index (κ3) is 18.6. The molecular formula is C47H73NO17. The van der Waals surface area contributed by atoms with Gasteiger partial charge >= 0.3 is 11.9 Å². The minimum Gasteiger partial charge on any atom is -0.481 e. The summed E-state index contributed by atoms with van der Waals surface area (Å²) < 4.78 is 23.1. The highest BCUT2D eigenvalue weighted by Gasteiger charge is 2.51.